The van der Waals surface area contributed by atoms with Crippen molar-refractivity contribution in [1.82, 2.24) is 10.6 Å². The first kappa shape index (κ1) is 18.0. The van der Waals surface area contributed by atoms with E-state index in [-0.39, 0.29) is 0 Å². The van der Waals surface area contributed by atoms with Gasteiger partial charge >= 0.3 is 6.09 Å². The van der Waals surface area contributed by atoms with Crippen molar-refractivity contribution in [1.29, 1.82) is 0 Å². The second-order valence-electron chi connectivity index (χ2n) is 6.08. The van der Waals surface area contributed by atoms with Gasteiger partial charge in [0.25, 0.3) is 0 Å². The summed E-state index contributed by atoms with van der Waals surface area (Å²) in [6.45, 7) is 6.97. The molecule has 122 valence electrons. The Morgan fingerprint density at radius 2 is 1.82 bits per heavy atom. The maximum Gasteiger partial charge on any atom is 0.408 e. The maximum atomic E-state index is 12.0. The average molecular weight is 308 g/mol. The Kier molecular flexibility index (Phi) is 6.37. The molecule has 0 fully saturated rings. The molecule has 0 heterocycles. The third kappa shape index (κ3) is 6.58. The summed E-state index contributed by atoms with van der Waals surface area (Å²) in [5.74, 6) is -0.464. The van der Waals surface area contributed by atoms with E-state index in [0.29, 0.717) is 6.54 Å². The third-order valence-electron chi connectivity index (χ3n) is 2.78. The lowest BCUT2D eigenvalue weighted by atomic mass is 10.1. The molecule has 0 spiro atoms. The van der Waals surface area contributed by atoms with Gasteiger partial charge in [0.15, 0.2) is 0 Å². The number of aliphatic hydroxyl groups excluding tert-OH is 1. The first-order chi connectivity index (χ1) is 10.2. The molecule has 1 atom stereocenters. The van der Waals surface area contributed by atoms with Crippen molar-refractivity contribution < 1.29 is 19.4 Å². The van der Waals surface area contributed by atoms with Crippen LogP contribution in [0.3, 0.4) is 0 Å². The van der Waals surface area contributed by atoms with E-state index in [1.165, 1.54) is 0 Å². The molecule has 3 N–H and O–H groups in total. The number of amides is 2. The highest BCUT2D eigenvalue weighted by Crippen LogP contribution is 2.07. The van der Waals surface area contributed by atoms with Crippen LogP contribution in [-0.2, 0) is 16.1 Å². The quantitative estimate of drug-likeness (QED) is 0.769. The van der Waals surface area contributed by atoms with Crippen LogP contribution in [0.15, 0.2) is 24.3 Å². The number of alkyl carbamates (subject to hydrolysis) is 1. The van der Waals surface area contributed by atoms with Crippen molar-refractivity contribution in [2.75, 3.05) is 6.61 Å². The minimum absolute atomic E-state index is 0.325. The predicted octanol–water partition coefficient (Wildman–Crippen LogP) is 1.50. The molecular formula is C16H24N2O4. The number of aryl methyl sites for hydroxylation is 1. The van der Waals surface area contributed by atoms with Gasteiger partial charge in [-0.1, -0.05) is 29.8 Å². The lowest BCUT2D eigenvalue weighted by molar-refractivity contribution is -0.124. The van der Waals surface area contributed by atoms with E-state index in [2.05, 4.69) is 10.6 Å². The molecule has 6 heteroatoms. The summed E-state index contributed by atoms with van der Waals surface area (Å²) in [6.07, 6.45) is -0.739. The Bertz CT molecular complexity index is 506. The normalized spacial score (nSPS) is 12.4. The van der Waals surface area contributed by atoms with Gasteiger partial charge in [0.05, 0.1) is 6.61 Å². The van der Waals surface area contributed by atoms with Gasteiger partial charge < -0.3 is 20.5 Å². The van der Waals surface area contributed by atoms with E-state index in [1.54, 1.807) is 20.8 Å². The van der Waals surface area contributed by atoms with Crippen molar-refractivity contribution >= 4 is 12.0 Å². The number of hydrogen-bond acceptors (Lipinski definition) is 4. The van der Waals surface area contributed by atoms with Crippen LogP contribution in [0, 0.1) is 6.92 Å². The number of carbonyl (C=O) groups excluding carboxylic acids is 2. The summed E-state index contributed by atoms with van der Waals surface area (Å²) in [5.41, 5.74) is 1.41. The molecule has 0 saturated heterocycles. The predicted molar refractivity (Wildman–Crippen MR) is 83.3 cm³/mol. The Hall–Kier alpha value is -2.08. The first-order valence-electron chi connectivity index (χ1n) is 7.15. The summed E-state index contributed by atoms with van der Waals surface area (Å²) < 4.78 is 5.05. The highest BCUT2D eigenvalue weighted by Gasteiger charge is 2.23. The van der Waals surface area contributed by atoms with Gasteiger partial charge in [-0.3, -0.25) is 4.79 Å². The number of benzene rings is 1. The number of rotatable bonds is 5. The fraction of sp³-hybridized carbons (Fsp3) is 0.500. The Labute approximate surface area is 130 Å². The van der Waals surface area contributed by atoms with E-state index < -0.39 is 30.3 Å². The molecule has 2 amide bonds. The van der Waals surface area contributed by atoms with Crippen LogP contribution >= 0.6 is 0 Å². The summed E-state index contributed by atoms with van der Waals surface area (Å²) in [6, 6.07) is 6.67. The van der Waals surface area contributed by atoms with Crippen LogP contribution in [0.25, 0.3) is 0 Å². The summed E-state index contributed by atoms with van der Waals surface area (Å²) in [5, 5.41) is 14.3. The smallest absolute Gasteiger partial charge is 0.408 e. The molecule has 0 aliphatic carbocycles. The number of nitrogens with one attached hydrogen (secondary N) is 2. The molecule has 1 rings (SSSR count). The molecule has 1 aromatic rings. The van der Waals surface area contributed by atoms with Crippen molar-refractivity contribution in [2.45, 2.75) is 45.9 Å². The zero-order valence-electron chi connectivity index (χ0n) is 13.5. The largest absolute Gasteiger partial charge is 0.444 e. The monoisotopic (exact) mass is 308 g/mol. The second kappa shape index (κ2) is 7.79. The molecule has 0 saturated carbocycles. The number of ether oxygens (including phenoxy) is 1. The van der Waals surface area contributed by atoms with Crippen LogP contribution in [0.4, 0.5) is 4.79 Å². The van der Waals surface area contributed by atoms with Gasteiger partial charge in [0.2, 0.25) is 5.91 Å². The van der Waals surface area contributed by atoms with E-state index in [4.69, 9.17) is 4.74 Å². The molecule has 1 unspecified atom stereocenters. The van der Waals surface area contributed by atoms with Crippen molar-refractivity contribution in [3.8, 4) is 0 Å². The topological polar surface area (TPSA) is 87.7 Å². The molecular weight excluding hydrogens is 284 g/mol. The summed E-state index contributed by atoms with van der Waals surface area (Å²) in [7, 11) is 0. The molecule has 0 bridgehead atoms. The number of aliphatic hydroxyl groups is 1. The molecule has 0 aromatic heterocycles. The number of carbonyl (C=O) groups is 2. The van der Waals surface area contributed by atoms with Gasteiger partial charge in [0, 0.05) is 6.54 Å². The highest BCUT2D eigenvalue weighted by atomic mass is 16.6. The van der Waals surface area contributed by atoms with Crippen molar-refractivity contribution in [2.24, 2.45) is 0 Å². The Morgan fingerprint density at radius 3 is 2.32 bits per heavy atom. The van der Waals surface area contributed by atoms with Gasteiger partial charge in [0.1, 0.15) is 11.6 Å². The second-order valence-corrected chi connectivity index (χ2v) is 6.08. The lowest BCUT2D eigenvalue weighted by Gasteiger charge is -2.22. The Balaban J connectivity index is 2.50. The summed E-state index contributed by atoms with van der Waals surface area (Å²) in [4.78, 5) is 23.6. The third-order valence-corrected chi connectivity index (χ3v) is 2.78. The van der Waals surface area contributed by atoms with Crippen LogP contribution in [0.5, 0.6) is 0 Å². The van der Waals surface area contributed by atoms with Gasteiger partial charge in [-0.05, 0) is 33.3 Å². The SMILES string of the molecule is Cc1ccc(CNC(=O)C(CO)NC(=O)OC(C)(C)C)cc1. The minimum atomic E-state index is -1.04. The fourth-order valence-corrected chi connectivity index (χ4v) is 1.66. The van der Waals surface area contributed by atoms with Crippen LogP contribution in [-0.4, -0.2) is 35.4 Å². The standard InChI is InChI=1S/C16H24N2O4/c1-11-5-7-12(8-6-11)9-17-14(20)13(10-19)18-15(21)22-16(2,3)4/h5-8,13,19H,9-10H2,1-4H3,(H,17,20)(H,18,21). The van der Waals surface area contributed by atoms with Gasteiger partial charge in [-0.2, -0.15) is 0 Å². The average Bonchev–Trinajstić information content (AvgIpc) is 2.42. The molecule has 22 heavy (non-hydrogen) atoms. The van der Waals surface area contributed by atoms with Crippen LogP contribution in [0.1, 0.15) is 31.9 Å². The first-order valence-corrected chi connectivity index (χ1v) is 7.15. The van der Waals surface area contributed by atoms with Crippen molar-refractivity contribution in [3.63, 3.8) is 0 Å². The van der Waals surface area contributed by atoms with Crippen molar-refractivity contribution in [3.05, 3.63) is 35.4 Å². The Morgan fingerprint density at radius 1 is 1.23 bits per heavy atom. The van der Waals surface area contributed by atoms with Crippen LogP contribution in [0.2, 0.25) is 0 Å². The van der Waals surface area contributed by atoms with Gasteiger partial charge in [-0.25, -0.2) is 4.79 Å². The molecule has 0 aliphatic heterocycles. The van der Waals surface area contributed by atoms with E-state index in [9.17, 15) is 14.7 Å². The molecule has 0 radical (unpaired) electrons. The van der Waals surface area contributed by atoms with E-state index in [1.807, 2.05) is 31.2 Å². The minimum Gasteiger partial charge on any atom is -0.444 e. The lowest BCUT2D eigenvalue weighted by Crippen LogP contribution is -2.49. The van der Waals surface area contributed by atoms with Gasteiger partial charge in [-0.15, -0.1) is 0 Å². The number of hydrogen-bond donors (Lipinski definition) is 3. The molecule has 6 nitrogen and oxygen atoms in total. The maximum absolute atomic E-state index is 12.0. The van der Waals surface area contributed by atoms with E-state index >= 15 is 0 Å². The molecule has 0 aliphatic rings. The summed E-state index contributed by atoms with van der Waals surface area (Å²) >= 11 is 0. The zero-order chi connectivity index (χ0) is 16.8. The fourth-order valence-electron chi connectivity index (χ4n) is 1.66. The van der Waals surface area contributed by atoms with E-state index in [0.717, 1.165) is 11.1 Å². The van der Waals surface area contributed by atoms with Crippen LogP contribution < -0.4 is 10.6 Å². The molecule has 1 aromatic carbocycles. The zero-order valence-corrected chi connectivity index (χ0v) is 13.5. The highest BCUT2D eigenvalue weighted by molar-refractivity contribution is 5.85.